The van der Waals surface area contributed by atoms with Crippen LogP contribution in [0.3, 0.4) is 0 Å². The minimum absolute atomic E-state index is 0.232. The Morgan fingerprint density at radius 2 is 1.82 bits per heavy atom. The number of amides is 2. The predicted octanol–water partition coefficient (Wildman–Crippen LogP) is 1.63. The van der Waals surface area contributed by atoms with Gasteiger partial charge in [-0.25, -0.2) is 9.78 Å². The Hall–Kier alpha value is -2.18. The van der Waals surface area contributed by atoms with E-state index in [1.54, 1.807) is 13.1 Å². The molecule has 3 rings (SSSR count). The van der Waals surface area contributed by atoms with Gasteiger partial charge < -0.3 is 15.7 Å². The molecule has 0 saturated heterocycles. The van der Waals surface area contributed by atoms with Crippen molar-refractivity contribution in [3.63, 3.8) is 0 Å². The molecular formula is C15H20N4O3. The maximum Gasteiger partial charge on any atom is 0.405 e. The number of carbonyl (C=O) groups excluding carboxylic acids is 1. The van der Waals surface area contributed by atoms with E-state index in [9.17, 15) is 9.59 Å². The fourth-order valence-electron chi connectivity index (χ4n) is 3.94. The first-order valence-corrected chi connectivity index (χ1v) is 7.54. The van der Waals surface area contributed by atoms with Crippen LogP contribution in [-0.4, -0.2) is 38.2 Å². The molecule has 2 bridgehead atoms. The maximum atomic E-state index is 12.4. The fraction of sp³-hybridized carbons (Fsp3) is 0.600. The molecule has 2 aliphatic rings. The minimum Gasteiger partial charge on any atom is -0.465 e. The van der Waals surface area contributed by atoms with Crippen molar-refractivity contribution in [3.8, 4) is 0 Å². The summed E-state index contributed by atoms with van der Waals surface area (Å²) >= 11 is 0. The number of nitrogens with zero attached hydrogens (tertiary/aromatic N) is 2. The summed E-state index contributed by atoms with van der Waals surface area (Å²) in [5, 5.41) is 14.8. The molecule has 2 amide bonds. The van der Waals surface area contributed by atoms with E-state index in [-0.39, 0.29) is 11.4 Å². The summed E-state index contributed by atoms with van der Waals surface area (Å²) in [5.74, 6) is -0.232. The van der Waals surface area contributed by atoms with Gasteiger partial charge in [0, 0.05) is 17.3 Å². The maximum absolute atomic E-state index is 12.4. The van der Waals surface area contributed by atoms with Crippen LogP contribution in [-0.2, 0) is 0 Å². The molecule has 0 radical (unpaired) electrons. The van der Waals surface area contributed by atoms with Crippen molar-refractivity contribution in [3.05, 3.63) is 23.8 Å². The number of hydrogen-bond donors (Lipinski definition) is 3. The number of rotatable bonds is 3. The van der Waals surface area contributed by atoms with Crippen LogP contribution < -0.4 is 10.6 Å². The Morgan fingerprint density at radius 3 is 2.45 bits per heavy atom. The zero-order valence-electron chi connectivity index (χ0n) is 12.6. The molecule has 1 aromatic rings. The van der Waals surface area contributed by atoms with Crippen molar-refractivity contribution >= 4 is 12.0 Å². The summed E-state index contributed by atoms with van der Waals surface area (Å²) in [6.07, 6.45) is 6.89. The SMILES string of the molecule is Cc1cncc(C(=O)N[C@@]23CCC[C@@](NC(=O)O)(CC2)C3)n1. The van der Waals surface area contributed by atoms with E-state index in [4.69, 9.17) is 5.11 Å². The highest BCUT2D eigenvalue weighted by Gasteiger charge is 2.52. The Balaban J connectivity index is 1.75. The average Bonchev–Trinajstić information content (AvgIpc) is 2.68. The molecule has 1 aromatic heterocycles. The van der Waals surface area contributed by atoms with E-state index >= 15 is 0 Å². The lowest BCUT2D eigenvalue weighted by molar-refractivity contribution is 0.0864. The molecule has 0 aromatic carbocycles. The molecule has 2 fully saturated rings. The van der Waals surface area contributed by atoms with Crippen LogP contribution in [0.5, 0.6) is 0 Å². The van der Waals surface area contributed by atoms with Crippen molar-refractivity contribution in [2.75, 3.05) is 0 Å². The van der Waals surface area contributed by atoms with Gasteiger partial charge in [-0.3, -0.25) is 9.78 Å². The van der Waals surface area contributed by atoms with Crippen molar-refractivity contribution in [2.45, 2.75) is 56.5 Å². The number of fused-ring (bicyclic) bond motifs is 2. The zero-order chi connectivity index (χ0) is 15.8. The van der Waals surface area contributed by atoms with E-state index < -0.39 is 11.6 Å². The lowest BCUT2D eigenvalue weighted by atomic mass is 9.78. The topological polar surface area (TPSA) is 104 Å². The van der Waals surface area contributed by atoms with Crippen molar-refractivity contribution < 1.29 is 14.7 Å². The number of aryl methyl sites for hydroxylation is 1. The highest BCUT2D eigenvalue weighted by molar-refractivity contribution is 5.92. The van der Waals surface area contributed by atoms with E-state index in [1.165, 1.54) is 6.20 Å². The molecule has 2 atom stereocenters. The van der Waals surface area contributed by atoms with Gasteiger partial charge in [-0.15, -0.1) is 0 Å². The smallest absolute Gasteiger partial charge is 0.405 e. The predicted molar refractivity (Wildman–Crippen MR) is 78.6 cm³/mol. The Labute approximate surface area is 128 Å². The lowest BCUT2D eigenvalue weighted by Crippen LogP contribution is -2.55. The molecule has 2 saturated carbocycles. The van der Waals surface area contributed by atoms with Gasteiger partial charge in [0.25, 0.3) is 5.91 Å². The monoisotopic (exact) mass is 304 g/mol. The molecule has 2 aliphatic carbocycles. The van der Waals surface area contributed by atoms with Gasteiger partial charge in [-0.1, -0.05) is 0 Å². The molecule has 0 aliphatic heterocycles. The van der Waals surface area contributed by atoms with Crippen molar-refractivity contribution in [1.82, 2.24) is 20.6 Å². The molecule has 7 nitrogen and oxygen atoms in total. The number of nitrogens with one attached hydrogen (secondary N) is 2. The van der Waals surface area contributed by atoms with Gasteiger partial charge in [-0.2, -0.15) is 0 Å². The minimum atomic E-state index is -0.992. The molecule has 0 spiro atoms. The average molecular weight is 304 g/mol. The molecule has 7 heteroatoms. The van der Waals surface area contributed by atoms with Crippen molar-refractivity contribution in [2.24, 2.45) is 0 Å². The van der Waals surface area contributed by atoms with Gasteiger partial charge in [0.15, 0.2) is 0 Å². The zero-order valence-corrected chi connectivity index (χ0v) is 12.6. The number of carboxylic acid groups (broad SMARTS) is 1. The van der Waals surface area contributed by atoms with Crippen LogP contribution >= 0.6 is 0 Å². The molecule has 118 valence electrons. The lowest BCUT2D eigenvalue weighted by Gasteiger charge is -2.39. The van der Waals surface area contributed by atoms with Gasteiger partial charge >= 0.3 is 6.09 Å². The third-order valence-corrected chi connectivity index (χ3v) is 4.81. The summed E-state index contributed by atoms with van der Waals surface area (Å²) in [5.41, 5.74) is 0.282. The second-order valence-electron chi connectivity index (χ2n) is 6.52. The summed E-state index contributed by atoms with van der Waals surface area (Å²) in [6.45, 7) is 1.79. The van der Waals surface area contributed by atoms with E-state index in [2.05, 4.69) is 20.6 Å². The standard InChI is InChI=1S/C15H20N4O3/c1-10-7-16-8-11(17-10)12(20)18-14-3-2-4-15(9-14,6-5-14)19-13(21)22/h7-8,19H,2-6,9H2,1H3,(H,18,20)(H,21,22)/t14-,15+/m0/s1. The van der Waals surface area contributed by atoms with Crippen molar-refractivity contribution in [1.29, 1.82) is 0 Å². The second-order valence-corrected chi connectivity index (χ2v) is 6.52. The summed E-state index contributed by atoms with van der Waals surface area (Å²) in [4.78, 5) is 31.6. The van der Waals surface area contributed by atoms with Crippen LogP contribution in [0, 0.1) is 6.92 Å². The summed E-state index contributed by atoms with van der Waals surface area (Å²) < 4.78 is 0. The van der Waals surface area contributed by atoms with Crippen LogP contribution in [0.25, 0.3) is 0 Å². The first-order chi connectivity index (χ1) is 10.4. The van der Waals surface area contributed by atoms with E-state index in [0.29, 0.717) is 17.8 Å². The third kappa shape index (κ3) is 2.75. The van der Waals surface area contributed by atoms with E-state index in [1.807, 2.05) is 0 Å². The number of carbonyl (C=O) groups is 2. The highest BCUT2D eigenvalue weighted by atomic mass is 16.4. The van der Waals surface area contributed by atoms with Crippen LogP contribution in [0.4, 0.5) is 4.79 Å². The van der Waals surface area contributed by atoms with Crippen LogP contribution in [0.15, 0.2) is 12.4 Å². The first kappa shape index (κ1) is 14.7. The largest absolute Gasteiger partial charge is 0.465 e. The van der Waals surface area contributed by atoms with E-state index in [0.717, 1.165) is 32.1 Å². The summed E-state index contributed by atoms with van der Waals surface area (Å²) in [7, 11) is 0. The Kier molecular flexibility index (Phi) is 3.50. The second kappa shape index (κ2) is 5.23. The molecule has 0 unspecified atom stereocenters. The van der Waals surface area contributed by atoms with Gasteiger partial charge in [0.2, 0.25) is 0 Å². The Bertz CT molecular complexity index is 621. The van der Waals surface area contributed by atoms with Gasteiger partial charge in [-0.05, 0) is 45.4 Å². The highest BCUT2D eigenvalue weighted by Crippen LogP contribution is 2.48. The Morgan fingerprint density at radius 1 is 1.14 bits per heavy atom. The van der Waals surface area contributed by atoms with Crippen LogP contribution in [0.1, 0.15) is 54.7 Å². The number of aromatic nitrogens is 2. The number of hydrogen-bond acceptors (Lipinski definition) is 4. The first-order valence-electron chi connectivity index (χ1n) is 7.54. The molecular weight excluding hydrogens is 284 g/mol. The summed E-state index contributed by atoms with van der Waals surface area (Å²) in [6, 6.07) is 0. The molecule has 1 heterocycles. The van der Waals surface area contributed by atoms with Gasteiger partial charge in [0.1, 0.15) is 5.69 Å². The van der Waals surface area contributed by atoms with Gasteiger partial charge in [0.05, 0.1) is 11.9 Å². The fourth-order valence-corrected chi connectivity index (χ4v) is 3.94. The van der Waals surface area contributed by atoms with Crippen LogP contribution in [0.2, 0.25) is 0 Å². The molecule has 3 N–H and O–H groups in total. The molecule has 22 heavy (non-hydrogen) atoms. The third-order valence-electron chi connectivity index (χ3n) is 4.81. The normalized spacial score (nSPS) is 29.9. The quantitative estimate of drug-likeness (QED) is 0.787.